The molecule has 0 aliphatic carbocycles. The number of carbonyl (C=O) groups excluding carboxylic acids is 1. The quantitative estimate of drug-likeness (QED) is 0.815. The number of aliphatic carboxylic acids is 1. The lowest BCUT2D eigenvalue weighted by molar-refractivity contribution is -0.137. The van der Waals surface area contributed by atoms with Gasteiger partial charge in [0.25, 0.3) is 0 Å². The number of rotatable bonds is 5. The Bertz CT molecular complexity index is 477. The van der Waals surface area contributed by atoms with E-state index in [4.69, 9.17) is 5.11 Å². The van der Waals surface area contributed by atoms with Crippen LogP contribution in [0.5, 0.6) is 0 Å². The molecule has 104 valence electrons. The molecule has 5 nitrogen and oxygen atoms in total. The highest BCUT2D eigenvalue weighted by molar-refractivity contribution is 7.98. The number of carboxylic acid groups (broad SMARTS) is 1. The summed E-state index contributed by atoms with van der Waals surface area (Å²) in [4.78, 5) is 24.8. The van der Waals surface area contributed by atoms with Crippen LogP contribution in [0.2, 0.25) is 0 Å². The van der Waals surface area contributed by atoms with E-state index in [9.17, 15) is 9.59 Å². The number of amides is 2. The van der Waals surface area contributed by atoms with E-state index in [2.05, 4.69) is 5.32 Å². The van der Waals surface area contributed by atoms with Gasteiger partial charge in [0, 0.05) is 24.2 Å². The lowest BCUT2D eigenvalue weighted by Gasteiger charge is -2.18. The third-order valence-corrected chi connectivity index (χ3v) is 3.64. The van der Waals surface area contributed by atoms with Crippen LogP contribution < -0.4 is 5.32 Å². The molecule has 0 saturated carbocycles. The zero-order valence-corrected chi connectivity index (χ0v) is 12.1. The van der Waals surface area contributed by atoms with Gasteiger partial charge < -0.3 is 15.3 Å². The van der Waals surface area contributed by atoms with Gasteiger partial charge in [-0.3, -0.25) is 4.79 Å². The van der Waals surface area contributed by atoms with Gasteiger partial charge in [0.1, 0.15) is 0 Å². The topological polar surface area (TPSA) is 69.6 Å². The summed E-state index contributed by atoms with van der Waals surface area (Å²) in [6.45, 7) is 2.13. The molecule has 19 heavy (non-hydrogen) atoms. The van der Waals surface area contributed by atoms with E-state index in [1.807, 2.05) is 31.4 Å². The molecule has 0 aliphatic heterocycles. The minimum Gasteiger partial charge on any atom is -0.481 e. The molecule has 0 atom stereocenters. The average Bonchev–Trinajstić information content (AvgIpc) is 2.38. The molecule has 2 N–H and O–H groups in total. The summed E-state index contributed by atoms with van der Waals surface area (Å²) in [5.41, 5.74) is 1.76. The summed E-state index contributed by atoms with van der Waals surface area (Å²) in [5, 5.41) is 11.4. The third-order valence-electron chi connectivity index (χ3n) is 2.75. The van der Waals surface area contributed by atoms with Crippen molar-refractivity contribution in [1.29, 1.82) is 0 Å². The lowest BCUT2D eigenvalue weighted by atomic mass is 10.2. The average molecular weight is 282 g/mol. The Morgan fingerprint density at radius 2 is 2.11 bits per heavy atom. The van der Waals surface area contributed by atoms with Crippen molar-refractivity contribution in [3.63, 3.8) is 0 Å². The Labute approximate surface area is 117 Å². The second kappa shape index (κ2) is 7.04. The van der Waals surface area contributed by atoms with Crippen LogP contribution in [-0.2, 0) is 4.79 Å². The van der Waals surface area contributed by atoms with Crippen molar-refractivity contribution in [3.8, 4) is 0 Å². The highest BCUT2D eigenvalue weighted by Crippen LogP contribution is 2.26. The Hall–Kier alpha value is -1.69. The molecule has 0 bridgehead atoms. The molecule has 0 spiro atoms. The van der Waals surface area contributed by atoms with Crippen LogP contribution in [0, 0.1) is 6.92 Å². The van der Waals surface area contributed by atoms with Crippen LogP contribution in [0.15, 0.2) is 23.1 Å². The normalized spacial score (nSPS) is 10.1. The first kappa shape index (κ1) is 15.4. The predicted molar refractivity (Wildman–Crippen MR) is 76.9 cm³/mol. The van der Waals surface area contributed by atoms with Gasteiger partial charge in [0.05, 0.1) is 6.42 Å². The molecule has 1 aromatic rings. The number of urea groups is 1. The van der Waals surface area contributed by atoms with Crippen LogP contribution in [0.1, 0.15) is 12.0 Å². The van der Waals surface area contributed by atoms with Gasteiger partial charge in [-0.05, 0) is 30.9 Å². The summed E-state index contributed by atoms with van der Waals surface area (Å²) in [6, 6.07) is 5.40. The summed E-state index contributed by atoms with van der Waals surface area (Å²) in [5.74, 6) is -0.916. The molecule has 1 rings (SSSR count). The van der Waals surface area contributed by atoms with Crippen molar-refractivity contribution in [3.05, 3.63) is 23.8 Å². The van der Waals surface area contributed by atoms with E-state index in [0.29, 0.717) is 0 Å². The summed E-state index contributed by atoms with van der Waals surface area (Å²) in [6.07, 6.45) is 1.92. The second-order valence-electron chi connectivity index (χ2n) is 4.13. The van der Waals surface area contributed by atoms with Gasteiger partial charge in [-0.2, -0.15) is 0 Å². The van der Waals surface area contributed by atoms with Gasteiger partial charge in [-0.25, -0.2) is 4.79 Å². The number of nitrogens with zero attached hydrogens (tertiary/aromatic N) is 1. The highest BCUT2D eigenvalue weighted by Gasteiger charge is 2.12. The standard InChI is InChI=1S/C13H18N2O3S/c1-9-10(5-4-6-11(9)19-3)14-13(18)15(2)8-7-12(16)17/h4-6H,7-8H2,1-3H3,(H,14,18)(H,16,17). The molecular formula is C13H18N2O3S. The van der Waals surface area contributed by atoms with Crippen LogP contribution in [0.25, 0.3) is 0 Å². The zero-order chi connectivity index (χ0) is 14.4. The largest absolute Gasteiger partial charge is 0.481 e. The SMILES string of the molecule is CSc1cccc(NC(=O)N(C)CCC(=O)O)c1C. The van der Waals surface area contributed by atoms with E-state index in [-0.39, 0.29) is 19.0 Å². The first-order chi connectivity index (χ1) is 8.95. The molecule has 2 amide bonds. The fraction of sp³-hybridized carbons (Fsp3) is 0.385. The Kier molecular flexibility index (Phi) is 5.69. The Morgan fingerprint density at radius 1 is 1.42 bits per heavy atom. The maximum absolute atomic E-state index is 11.9. The molecule has 1 aromatic carbocycles. The van der Waals surface area contributed by atoms with Gasteiger partial charge >= 0.3 is 12.0 Å². The van der Waals surface area contributed by atoms with Crippen LogP contribution in [0.3, 0.4) is 0 Å². The van der Waals surface area contributed by atoms with Crippen molar-refractivity contribution in [2.75, 3.05) is 25.2 Å². The van der Waals surface area contributed by atoms with Crippen LogP contribution in [0.4, 0.5) is 10.5 Å². The van der Waals surface area contributed by atoms with Gasteiger partial charge in [0.2, 0.25) is 0 Å². The third kappa shape index (κ3) is 4.48. The van der Waals surface area contributed by atoms with Crippen molar-refractivity contribution in [2.24, 2.45) is 0 Å². The van der Waals surface area contributed by atoms with E-state index < -0.39 is 5.97 Å². The van der Waals surface area contributed by atoms with E-state index in [0.717, 1.165) is 16.1 Å². The van der Waals surface area contributed by atoms with Crippen molar-refractivity contribution in [2.45, 2.75) is 18.2 Å². The predicted octanol–water partition coefficient (Wildman–Crippen LogP) is 2.66. The monoisotopic (exact) mass is 282 g/mol. The van der Waals surface area contributed by atoms with E-state index in [1.54, 1.807) is 18.8 Å². The van der Waals surface area contributed by atoms with Gasteiger partial charge in [-0.15, -0.1) is 11.8 Å². The number of carboxylic acids is 1. The van der Waals surface area contributed by atoms with Gasteiger partial charge in [0.15, 0.2) is 0 Å². The first-order valence-electron chi connectivity index (χ1n) is 5.83. The highest BCUT2D eigenvalue weighted by atomic mass is 32.2. The molecule has 0 aromatic heterocycles. The Morgan fingerprint density at radius 3 is 2.68 bits per heavy atom. The second-order valence-corrected chi connectivity index (χ2v) is 4.98. The molecule has 0 heterocycles. The zero-order valence-electron chi connectivity index (χ0n) is 11.3. The van der Waals surface area contributed by atoms with Crippen molar-refractivity contribution >= 4 is 29.4 Å². The van der Waals surface area contributed by atoms with Gasteiger partial charge in [-0.1, -0.05) is 6.07 Å². The smallest absolute Gasteiger partial charge is 0.321 e. The van der Waals surface area contributed by atoms with Crippen molar-refractivity contribution < 1.29 is 14.7 Å². The number of thioether (sulfide) groups is 1. The molecular weight excluding hydrogens is 264 g/mol. The molecule has 0 radical (unpaired) electrons. The molecule has 0 aliphatic rings. The molecule has 6 heteroatoms. The molecule has 0 fully saturated rings. The van der Waals surface area contributed by atoms with E-state index in [1.165, 1.54) is 4.90 Å². The maximum Gasteiger partial charge on any atom is 0.321 e. The van der Waals surface area contributed by atoms with Crippen LogP contribution in [-0.4, -0.2) is 41.9 Å². The minimum absolute atomic E-state index is 0.0618. The molecule has 0 unspecified atom stereocenters. The summed E-state index contributed by atoms with van der Waals surface area (Å²) in [7, 11) is 1.58. The number of benzene rings is 1. The fourth-order valence-electron chi connectivity index (χ4n) is 1.55. The minimum atomic E-state index is -0.916. The van der Waals surface area contributed by atoms with Crippen LogP contribution >= 0.6 is 11.8 Å². The first-order valence-corrected chi connectivity index (χ1v) is 7.05. The number of carbonyl (C=O) groups is 2. The van der Waals surface area contributed by atoms with E-state index >= 15 is 0 Å². The lowest BCUT2D eigenvalue weighted by Crippen LogP contribution is -2.33. The molecule has 0 saturated heterocycles. The summed E-state index contributed by atoms with van der Waals surface area (Å²) >= 11 is 1.62. The summed E-state index contributed by atoms with van der Waals surface area (Å²) < 4.78 is 0. The number of anilines is 1. The number of nitrogens with one attached hydrogen (secondary N) is 1. The van der Waals surface area contributed by atoms with Crippen molar-refractivity contribution in [1.82, 2.24) is 4.90 Å². The number of hydrogen-bond donors (Lipinski definition) is 2. The fourth-order valence-corrected chi connectivity index (χ4v) is 2.18. The Balaban J connectivity index is 2.69. The number of hydrogen-bond acceptors (Lipinski definition) is 3. The maximum atomic E-state index is 11.9.